The van der Waals surface area contributed by atoms with Gasteiger partial charge in [0.2, 0.25) is 20.0 Å². The first-order valence-electron chi connectivity index (χ1n) is 18.9. The van der Waals surface area contributed by atoms with Gasteiger partial charge in [-0.15, -0.1) is 0 Å². The number of sulfonamides is 2. The molecule has 20 heteroatoms. The number of methoxy groups -OCH3 is 2. The zero-order valence-electron chi connectivity index (χ0n) is 33.9. The van der Waals surface area contributed by atoms with Crippen LogP contribution in [0.2, 0.25) is 40.2 Å². The second-order valence-electron chi connectivity index (χ2n) is 14.2. The number of nitrogens with zero attached hydrogens (tertiary/aromatic N) is 2. The number of hydrogen-bond acceptors (Lipinski definition) is 8. The van der Waals surface area contributed by atoms with Crippen molar-refractivity contribution in [3.8, 4) is 0 Å². The minimum Gasteiger partial charge on any atom is -0.384 e. The molecule has 6 rings (SSSR count). The van der Waals surface area contributed by atoms with Crippen LogP contribution in [-0.4, -0.2) is 102 Å². The molecule has 0 aromatic heterocycles. The lowest BCUT2D eigenvalue weighted by Gasteiger charge is -2.29. The van der Waals surface area contributed by atoms with Crippen LogP contribution >= 0.6 is 92.8 Å². The Morgan fingerprint density at radius 3 is 0.875 bits per heavy atom. The largest absolute Gasteiger partial charge is 0.384 e. The molecule has 4 aromatic rings. The number of rotatable bonds is 12. The molecule has 0 unspecified atom stereocenters. The summed E-state index contributed by atoms with van der Waals surface area (Å²) in [5.74, 6) is -0.920. The van der Waals surface area contributed by atoms with Crippen molar-refractivity contribution in [3.63, 3.8) is 0 Å². The van der Waals surface area contributed by atoms with Crippen LogP contribution < -0.4 is 0 Å². The Balaban J connectivity index is 0.000000241. The van der Waals surface area contributed by atoms with E-state index in [9.17, 15) is 26.4 Å². The molecule has 2 saturated heterocycles. The summed E-state index contributed by atoms with van der Waals surface area (Å²) in [5.41, 5.74) is 3.76. The Hall–Kier alpha value is -2.76. The Morgan fingerprint density at radius 1 is 0.438 bits per heavy atom. The molecule has 2 aliphatic heterocycles. The lowest BCUT2D eigenvalue weighted by Crippen LogP contribution is -2.43. The normalized spacial score (nSPS) is 18.0. The average molecular weight is 1070 g/mol. The molecule has 0 radical (unpaired) electrons. The molecule has 10 nitrogen and oxygen atoms in total. The van der Waals surface area contributed by atoms with E-state index in [1.54, 1.807) is 97.1 Å². The van der Waals surface area contributed by atoms with Gasteiger partial charge in [-0.2, -0.15) is 8.61 Å². The maximum Gasteiger partial charge on any atom is 0.216 e. The molecule has 0 amide bonds. The topological polar surface area (TPSA) is 127 Å². The second-order valence-corrected chi connectivity index (χ2v) is 21.6. The Kier molecular flexibility index (Phi) is 19.0. The van der Waals surface area contributed by atoms with Crippen LogP contribution in [0.4, 0.5) is 0 Å². The van der Waals surface area contributed by atoms with E-state index in [4.69, 9.17) is 102 Å². The number of benzene rings is 4. The molecule has 0 saturated carbocycles. The zero-order chi connectivity index (χ0) is 46.9. The maximum absolute atomic E-state index is 13.2. The molecular formula is C44H38Cl8N2O8S2. The number of carbonyl (C=O) groups excluding carboxylic acids is 2. The number of Topliss-reactive ketones (excluding diaryl/α,β-unsaturated/α-hetero) is 2. The summed E-state index contributed by atoms with van der Waals surface area (Å²) in [6.45, 7) is -0.170. The maximum atomic E-state index is 13.2. The Bertz CT molecular complexity index is 2460. The summed E-state index contributed by atoms with van der Waals surface area (Å²) in [6.07, 6.45) is 6.47. The van der Waals surface area contributed by atoms with Gasteiger partial charge in [-0.3, -0.25) is 9.59 Å². The van der Waals surface area contributed by atoms with E-state index in [0.717, 1.165) is 0 Å². The van der Waals surface area contributed by atoms with Crippen LogP contribution in [0.5, 0.6) is 0 Å². The quantitative estimate of drug-likeness (QED) is 0.128. The smallest absolute Gasteiger partial charge is 0.216 e. The summed E-state index contributed by atoms with van der Waals surface area (Å²) >= 11 is 48.2. The summed E-state index contributed by atoms with van der Waals surface area (Å²) < 4.78 is 63.8. The molecule has 0 N–H and O–H groups in total. The number of ether oxygens (including phenoxy) is 2. The minimum atomic E-state index is -3.67. The van der Waals surface area contributed by atoms with E-state index >= 15 is 0 Å². The minimum absolute atomic E-state index is 0.0461. The monoisotopic (exact) mass is 1070 g/mol. The fraction of sp³-hybridized carbons (Fsp3) is 0.227. The first kappa shape index (κ1) is 52.2. The summed E-state index contributed by atoms with van der Waals surface area (Å²) in [7, 11) is -4.48. The molecule has 0 aliphatic carbocycles. The van der Waals surface area contributed by atoms with Gasteiger partial charge in [0.05, 0.1) is 64.9 Å². The van der Waals surface area contributed by atoms with Gasteiger partial charge < -0.3 is 9.47 Å². The summed E-state index contributed by atoms with van der Waals surface area (Å²) in [5, 5.41) is 2.86. The molecule has 340 valence electrons. The SMILES string of the molecule is COCCS(=O)(=O)N1C/C(=C/c2ccc(Cl)c(Cl)c2)C(=O)/C(=C/c2ccc(Cl)c(Cl)c2)C1.COCCS(=O)(=O)N1C/C(=C\c2ccc(Cl)c(Cl)c2)C(=O)/C(=C/c2ccc(Cl)c(Cl)c2)C1. The van der Waals surface area contributed by atoms with Crippen molar-refractivity contribution in [1.29, 1.82) is 0 Å². The Morgan fingerprint density at radius 2 is 0.672 bits per heavy atom. The molecule has 2 aliphatic rings. The number of hydrogen-bond donors (Lipinski definition) is 0. The highest BCUT2D eigenvalue weighted by Gasteiger charge is 2.34. The Labute approximate surface area is 412 Å². The van der Waals surface area contributed by atoms with Crippen molar-refractivity contribution >= 4 is 149 Å². The van der Waals surface area contributed by atoms with Crippen LogP contribution in [0.25, 0.3) is 24.3 Å². The van der Waals surface area contributed by atoms with Gasteiger partial charge in [0.25, 0.3) is 0 Å². The van der Waals surface area contributed by atoms with Gasteiger partial charge in [-0.1, -0.05) is 117 Å². The van der Waals surface area contributed by atoms with Gasteiger partial charge in [0.1, 0.15) is 0 Å². The van der Waals surface area contributed by atoms with Crippen LogP contribution in [0.15, 0.2) is 95.1 Å². The molecular weight excluding hydrogens is 1030 g/mol. The lowest BCUT2D eigenvalue weighted by molar-refractivity contribution is -0.113. The van der Waals surface area contributed by atoms with Crippen LogP contribution in [0, 0.1) is 0 Å². The molecule has 0 spiro atoms. The first-order chi connectivity index (χ1) is 30.2. The van der Waals surface area contributed by atoms with Gasteiger partial charge in [-0.25, -0.2) is 16.8 Å². The van der Waals surface area contributed by atoms with E-state index in [0.29, 0.717) is 84.7 Å². The van der Waals surface area contributed by atoms with Gasteiger partial charge in [-0.05, 0) is 95.1 Å². The lowest BCUT2D eigenvalue weighted by atomic mass is 9.95. The first-order valence-corrected chi connectivity index (χ1v) is 25.1. The van der Waals surface area contributed by atoms with Crippen molar-refractivity contribution in [2.24, 2.45) is 0 Å². The third kappa shape index (κ3) is 14.1. The zero-order valence-corrected chi connectivity index (χ0v) is 41.6. The molecule has 0 bridgehead atoms. The molecule has 0 atom stereocenters. The van der Waals surface area contributed by atoms with Crippen LogP contribution in [0.1, 0.15) is 22.3 Å². The van der Waals surface area contributed by atoms with Crippen LogP contribution in [-0.2, 0) is 39.1 Å². The third-order valence-electron chi connectivity index (χ3n) is 9.57. The van der Waals surface area contributed by atoms with Crippen molar-refractivity contribution in [3.05, 3.63) is 158 Å². The van der Waals surface area contributed by atoms with Gasteiger partial charge >= 0.3 is 0 Å². The van der Waals surface area contributed by atoms with Gasteiger partial charge in [0, 0.05) is 62.7 Å². The predicted molar refractivity (Wildman–Crippen MR) is 262 cm³/mol. The van der Waals surface area contributed by atoms with Crippen molar-refractivity contribution < 1.29 is 35.9 Å². The molecule has 2 heterocycles. The average Bonchev–Trinajstić information content (AvgIpc) is 3.24. The van der Waals surface area contributed by atoms with E-state index in [2.05, 4.69) is 0 Å². The molecule has 64 heavy (non-hydrogen) atoms. The highest BCUT2D eigenvalue weighted by atomic mass is 35.5. The second kappa shape index (κ2) is 23.3. The van der Waals surface area contributed by atoms with Crippen molar-refractivity contribution in [2.45, 2.75) is 0 Å². The van der Waals surface area contributed by atoms with Crippen molar-refractivity contribution in [1.82, 2.24) is 8.61 Å². The fourth-order valence-electron chi connectivity index (χ4n) is 6.26. The number of piperidine rings is 2. The molecule has 4 aromatic carbocycles. The standard InChI is InChI=1S/2C22H19Cl4NO4S/c2*1-31-6-7-32(29,30)27-12-16(8-14-2-4-18(23)20(25)10-14)22(28)17(13-27)9-15-3-5-19(24)21(26)11-15/h2*2-5,8-11H,6-7,12-13H2,1H3/b16-8+,17-9+;16-8-,17-9+. The fourth-order valence-corrected chi connectivity index (χ4v) is 10.1. The van der Waals surface area contributed by atoms with E-state index in [1.165, 1.54) is 22.8 Å². The van der Waals surface area contributed by atoms with E-state index in [1.807, 2.05) is 0 Å². The van der Waals surface area contributed by atoms with E-state index < -0.39 is 20.0 Å². The van der Waals surface area contributed by atoms with Crippen LogP contribution in [0.3, 0.4) is 0 Å². The number of halogens is 8. The summed E-state index contributed by atoms with van der Waals surface area (Å²) in [6, 6.07) is 19.7. The third-order valence-corrected chi connectivity index (χ3v) is 16.0. The predicted octanol–water partition coefficient (Wildman–Crippen LogP) is 11.3. The number of ketones is 2. The highest BCUT2D eigenvalue weighted by molar-refractivity contribution is 7.89. The summed E-state index contributed by atoms with van der Waals surface area (Å²) in [4.78, 5) is 26.4. The molecule has 2 fully saturated rings. The number of carbonyl (C=O) groups is 2. The van der Waals surface area contributed by atoms with Gasteiger partial charge in [0.15, 0.2) is 11.6 Å². The van der Waals surface area contributed by atoms with E-state index in [-0.39, 0.29) is 62.5 Å². The van der Waals surface area contributed by atoms with Crippen molar-refractivity contribution in [2.75, 3.05) is 65.1 Å². The highest BCUT2D eigenvalue weighted by Crippen LogP contribution is 2.31.